The summed E-state index contributed by atoms with van der Waals surface area (Å²) in [5.74, 6) is -1.18. The van der Waals surface area contributed by atoms with Gasteiger partial charge in [0.25, 0.3) is 5.56 Å². The molecule has 0 saturated carbocycles. The average molecular weight is 390 g/mol. The molecule has 0 unspecified atom stereocenters. The fourth-order valence-corrected chi connectivity index (χ4v) is 3.19. The number of aliphatic carboxylic acids is 1. The van der Waals surface area contributed by atoms with Crippen LogP contribution in [0.4, 0.5) is 5.69 Å². The van der Waals surface area contributed by atoms with Gasteiger partial charge < -0.3 is 15.4 Å². The second-order valence-corrected chi connectivity index (χ2v) is 6.66. The highest BCUT2D eigenvalue weighted by Gasteiger charge is 2.18. The van der Waals surface area contributed by atoms with Gasteiger partial charge in [0, 0.05) is 35.6 Å². The van der Waals surface area contributed by atoms with Crippen LogP contribution >= 0.6 is 0 Å². The summed E-state index contributed by atoms with van der Waals surface area (Å²) in [5.41, 5.74) is 2.94. The van der Waals surface area contributed by atoms with Crippen molar-refractivity contribution in [1.29, 1.82) is 0 Å². The normalized spacial score (nSPS) is 11.0. The highest BCUT2D eigenvalue weighted by molar-refractivity contribution is 5.93. The number of carbonyl (C=O) groups is 2. The van der Waals surface area contributed by atoms with Gasteiger partial charge in [0.2, 0.25) is 5.91 Å². The predicted molar refractivity (Wildman–Crippen MR) is 108 cm³/mol. The van der Waals surface area contributed by atoms with Crippen LogP contribution in [0.1, 0.15) is 19.3 Å². The number of pyridine rings is 1. The van der Waals surface area contributed by atoms with Crippen molar-refractivity contribution in [3.63, 3.8) is 0 Å². The van der Waals surface area contributed by atoms with E-state index in [1.807, 2.05) is 24.3 Å². The molecule has 2 aromatic rings. The van der Waals surface area contributed by atoms with Crippen LogP contribution in [0.3, 0.4) is 0 Å². The fraction of sp³-hybridized carbons (Fsp3) is 0.143. The first kappa shape index (κ1) is 18.4. The number of amides is 1. The third-order valence-electron chi connectivity index (χ3n) is 4.62. The van der Waals surface area contributed by atoms with E-state index in [4.69, 9.17) is 5.11 Å². The molecule has 29 heavy (non-hydrogen) atoms. The van der Waals surface area contributed by atoms with Crippen LogP contribution in [0.15, 0.2) is 59.5 Å². The SMILES string of the molecule is O=C(O)CCCC(=O)Nc1ccc(-n2nc3c4ccccc4[nH]cc-3c2=O)cc1. The first-order valence-corrected chi connectivity index (χ1v) is 9.14. The van der Waals surface area contributed by atoms with Crippen molar-refractivity contribution in [3.05, 3.63) is 65.1 Å². The Labute approximate surface area is 165 Å². The molecule has 2 aromatic carbocycles. The summed E-state index contributed by atoms with van der Waals surface area (Å²) < 4.78 is 1.34. The minimum absolute atomic E-state index is 0.0440. The summed E-state index contributed by atoms with van der Waals surface area (Å²) in [6.45, 7) is 0. The summed E-state index contributed by atoms with van der Waals surface area (Å²) >= 11 is 0. The first-order chi connectivity index (χ1) is 14.0. The number of H-pyrrole nitrogens is 1. The molecule has 0 atom stereocenters. The number of anilines is 1. The van der Waals surface area contributed by atoms with E-state index < -0.39 is 5.97 Å². The van der Waals surface area contributed by atoms with Gasteiger partial charge in [0.15, 0.2) is 0 Å². The number of para-hydroxylation sites is 1. The van der Waals surface area contributed by atoms with E-state index in [1.165, 1.54) is 4.68 Å². The number of rotatable bonds is 6. The maximum Gasteiger partial charge on any atom is 0.303 e. The molecule has 0 fully saturated rings. The molecule has 3 N–H and O–H groups in total. The van der Waals surface area contributed by atoms with Gasteiger partial charge in [-0.2, -0.15) is 9.78 Å². The van der Waals surface area contributed by atoms with Crippen LogP contribution in [0.25, 0.3) is 27.8 Å². The zero-order valence-electron chi connectivity index (χ0n) is 15.4. The minimum Gasteiger partial charge on any atom is -0.481 e. The number of carboxylic acids is 1. The lowest BCUT2D eigenvalue weighted by molar-refractivity contribution is -0.137. The van der Waals surface area contributed by atoms with Gasteiger partial charge in [-0.25, -0.2) is 0 Å². The molecule has 0 aliphatic carbocycles. The van der Waals surface area contributed by atoms with Gasteiger partial charge in [-0.3, -0.25) is 14.4 Å². The molecule has 0 saturated heterocycles. The average Bonchev–Trinajstić information content (AvgIpc) is 3.05. The first-order valence-electron chi connectivity index (χ1n) is 9.14. The van der Waals surface area contributed by atoms with E-state index in [9.17, 15) is 14.4 Å². The molecule has 0 bridgehead atoms. The predicted octanol–water partition coefficient (Wildman–Crippen LogP) is 3.01. The van der Waals surface area contributed by atoms with Gasteiger partial charge in [-0.15, -0.1) is 0 Å². The number of hydrogen-bond acceptors (Lipinski definition) is 4. The summed E-state index contributed by atoms with van der Waals surface area (Å²) in [7, 11) is 0. The second-order valence-electron chi connectivity index (χ2n) is 6.66. The monoisotopic (exact) mass is 390 g/mol. The number of carboxylic acid groups (broad SMARTS) is 1. The van der Waals surface area contributed by atoms with E-state index in [1.54, 1.807) is 30.5 Å². The number of carbonyl (C=O) groups excluding carboxylic acids is 1. The molecule has 146 valence electrons. The van der Waals surface area contributed by atoms with E-state index in [2.05, 4.69) is 15.4 Å². The summed E-state index contributed by atoms with van der Waals surface area (Å²) in [4.78, 5) is 38.3. The molecule has 2 heterocycles. The molecule has 1 amide bonds. The topological polar surface area (TPSA) is 117 Å². The second kappa shape index (κ2) is 7.59. The van der Waals surface area contributed by atoms with Crippen molar-refractivity contribution >= 4 is 28.5 Å². The lowest BCUT2D eigenvalue weighted by Gasteiger charge is -2.06. The lowest BCUT2D eigenvalue weighted by atomic mass is 10.1. The van der Waals surface area contributed by atoms with Crippen LogP contribution in [-0.4, -0.2) is 31.7 Å². The van der Waals surface area contributed by atoms with Crippen LogP contribution < -0.4 is 10.9 Å². The Kier molecular flexibility index (Phi) is 4.82. The van der Waals surface area contributed by atoms with Gasteiger partial charge in [-0.1, -0.05) is 18.2 Å². The summed E-state index contributed by atoms with van der Waals surface area (Å²) in [6.07, 6.45) is 2.03. The number of hydrogen-bond donors (Lipinski definition) is 3. The third kappa shape index (κ3) is 3.73. The zero-order chi connectivity index (χ0) is 20.4. The molecule has 2 aliphatic rings. The smallest absolute Gasteiger partial charge is 0.303 e. The number of aromatic nitrogens is 3. The molecule has 8 nitrogen and oxygen atoms in total. The zero-order valence-corrected chi connectivity index (χ0v) is 15.4. The molecule has 2 aliphatic heterocycles. The number of benzene rings is 2. The van der Waals surface area contributed by atoms with Crippen LogP contribution in [0, 0.1) is 0 Å². The molecule has 4 rings (SSSR count). The van der Waals surface area contributed by atoms with E-state index >= 15 is 0 Å². The van der Waals surface area contributed by atoms with Crippen molar-refractivity contribution < 1.29 is 14.7 Å². The Morgan fingerprint density at radius 1 is 1.07 bits per heavy atom. The molecule has 0 spiro atoms. The lowest BCUT2D eigenvalue weighted by Crippen LogP contribution is -2.15. The van der Waals surface area contributed by atoms with Crippen molar-refractivity contribution in [2.45, 2.75) is 19.3 Å². The van der Waals surface area contributed by atoms with E-state index in [0.717, 1.165) is 10.9 Å². The number of nitrogens with one attached hydrogen (secondary N) is 2. The van der Waals surface area contributed by atoms with Gasteiger partial charge in [0.1, 0.15) is 5.69 Å². The largest absolute Gasteiger partial charge is 0.481 e. The molecular weight excluding hydrogens is 372 g/mol. The standard InChI is InChI=1S/C21H18N4O4/c26-18(6-3-7-19(27)28)23-13-8-10-14(11-9-13)25-21(29)16-12-22-17-5-2-1-4-15(17)20(16)24-25/h1-2,4-5,8-12,22H,3,6-7H2,(H,23,26)(H,27,28). The Hall–Kier alpha value is -3.94. The molecule has 0 radical (unpaired) electrons. The van der Waals surface area contributed by atoms with Crippen molar-refractivity contribution in [2.75, 3.05) is 5.32 Å². The minimum atomic E-state index is -0.924. The third-order valence-corrected chi connectivity index (χ3v) is 4.62. The van der Waals surface area contributed by atoms with Gasteiger partial charge >= 0.3 is 5.97 Å². The fourth-order valence-electron chi connectivity index (χ4n) is 3.19. The van der Waals surface area contributed by atoms with E-state index in [-0.39, 0.29) is 30.7 Å². The Morgan fingerprint density at radius 3 is 2.59 bits per heavy atom. The Balaban J connectivity index is 1.57. The van der Waals surface area contributed by atoms with Crippen LogP contribution in [0.5, 0.6) is 0 Å². The van der Waals surface area contributed by atoms with Crippen molar-refractivity contribution in [1.82, 2.24) is 14.8 Å². The summed E-state index contributed by atoms with van der Waals surface area (Å²) in [6, 6.07) is 14.4. The van der Waals surface area contributed by atoms with E-state index in [0.29, 0.717) is 22.6 Å². The van der Waals surface area contributed by atoms with Crippen molar-refractivity contribution in [3.8, 4) is 16.9 Å². The Morgan fingerprint density at radius 2 is 1.83 bits per heavy atom. The summed E-state index contributed by atoms with van der Waals surface area (Å²) in [5, 5.41) is 16.7. The molecule has 0 aromatic heterocycles. The number of fused-ring (bicyclic) bond motifs is 3. The van der Waals surface area contributed by atoms with Crippen LogP contribution in [-0.2, 0) is 9.59 Å². The number of aromatic amines is 1. The maximum atomic E-state index is 12.8. The van der Waals surface area contributed by atoms with Crippen LogP contribution in [0.2, 0.25) is 0 Å². The highest BCUT2D eigenvalue weighted by atomic mass is 16.4. The molecule has 8 heteroatoms. The van der Waals surface area contributed by atoms with Gasteiger partial charge in [-0.05, 0) is 36.8 Å². The Bertz CT molecular complexity index is 1220. The highest BCUT2D eigenvalue weighted by Crippen LogP contribution is 2.25. The number of nitrogens with zero attached hydrogens (tertiary/aromatic N) is 2. The molecular formula is C21H18N4O4. The quantitative estimate of drug-likeness (QED) is 0.468. The maximum absolute atomic E-state index is 12.8. The van der Waals surface area contributed by atoms with Gasteiger partial charge in [0.05, 0.1) is 11.3 Å². The van der Waals surface area contributed by atoms with Crippen molar-refractivity contribution in [2.24, 2.45) is 0 Å².